The van der Waals surface area contributed by atoms with E-state index in [4.69, 9.17) is 10.2 Å². The van der Waals surface area contributed by atoms with Gasteiger partial charge in [0.15, 0.2) is 0 Å². The van der Waals surface area contributed by atoms with Crippen LogP contribution in [-0.4, -0.2) is 58.8 Å². The second kappa shape index (κ2) is 20.7. The molecule has 0 aromatic heterocycles. The Hall–Kier alpha value is -1.89. The van der Waals surface area contributed by atoms with Gasteiger partial charge in [0.25, 0.3) is 0 Å². The van der Waals surface area contributed by atoms with Crippen LogP contribution in [0.2, 0.25) is 0 Å². The number of allylic oxidation sites excluding steroid dienone is 1. The maximum Gasteiger partial charge on any atom is 0.303 e. The fraction of sp³-hybridized carbons (Fsp3) is 0.808. The number of unbranched alkanes of at least 4 members (excludes halogenated alkanes) is 10. The minimum Gasteiger partial charge on any atom is -0.550 e. The summed E-state index contributed by atoms with van der Waals surface area (Å²) < 4.78 is 0.610. The second-order valence-electron chi connectivity index (χ2n) is 9.32. The first-order valence-electron chi connectivity index (χ1n) is 12.9. The van der Waals surface area contributed by atoms with Crippen molar-refractivity contribution >= 4 is 17.9 Å². The van der Waals surface area contributed by atoms with Gasteiger partial charge in [-0.2, -0.15) is 0 Å². The average molecular weight is 470 g/mol. The number of aliphatic carboxylic acids is 3. The van der Waals surface area contributed by atoms with Crippen molar-refractivity contribution in [3.8, 4) is 0 Å². The summed E-state index contributed by atoms with van der Waals surface area (Å²) in [5, 5.41) is 28.9. The van der Waals surface area contributed by atoms with E-state index in [9.17, 15) is 19.5 Å². The van der Waals surface area contributed by atoms with Crippen LogP contribution in [0.5, 0.6) is 0 Å². The van der Waals surface area contributed by atoms with Crippen LogP contribution in [-0.2, 0) is 14.4 Å². The second-order valence-corrected chi connectivity index (χ2v) is 9.32. The molecule has 0 aliphatic rings. The Balaban J connectivity index is 4.48. The first-order valence-corrected chi connectivity index (χ1v) is 12.9. The summed E-state index contributed by atoms with van der Waals surface area (Å²) in [6.07, 6.45) is 16.8. The molecule has 0 aromatic carbocycles. The molecule has 0 unspecified atom stereocenters. The predicted octanol–water partition coefficient (Wildman–Crippen LogP) is 4.54. The standard InChI is InChI=1S/C26H47NO6/c1-2-3-4-5-6-7-8-9-10-11-12-13-20-27(21-14-17-24(28)29,22-15-18-25(30)31)23-16-19-26(32)33/h2H,1,3-23H2,(H2-,28,29,30,31,32,33). The van der Waals surface area contributed by atoms with Gasteiger partial charge in [-0.15, -0.1) is 6.58 Å². The third-order valence-corrected chi connectivity index (χ3v) is 6.35. The van der Waals surface area contributed by atoms with E-state index in [0.717, 1.165) is 25.8 Å². The Morgan fingerprint density at radius 2 is 0.970 bits per heavy atom. The highest BCUT2D eigenvalue weighted by molar-refractivity contribution is 5.66. The van der Waals surface area contributed by atoms with Crippen molar-refractivity contribution in [3.05, 3.63) is 12.7 Å². The number of nitrogens with zero attached hydrogens (tertiary/aromatic N) is 1. The van der Waals surface area contributed by atoms with E-state index in [1.165, 1.54) is 51.4 Å². The van der Waals surface area contributed by atoms with Crippen LogP contribution in [0.3, 0.4) is 0 Å². The minimum absolute atomic E-state index is 0.0224. The Kier molecular flexibility index (Phi) is 19.5. The summed E-state index contributed by atoms with van der Waals surface area (Å²) >= 11 is 0. The number of quaternary nitrogens is 1. The lowest BCUT2D eigenvalue weighted by molar-refractivity contribution is -0.929. The molecule has 0 saturated carbocycles. The molecule has 0 amide bonds. The Labute approximate surface area is 200 Å². The molecule has 0 aliphatic heterocycles. The summed E-state index contributed by atoms with van der Waals surface area (Å²) in [5.74, 6) is -2.76. The average Bonchev–Trinajstić information content (AvgIpc) is 2.73. The van der Waals surface area contributed by atoms with Crippen LogP contribution in [0, 0.1) is 0 Å². The zero-order valence-corrected chi connectivity index (χ0v) is 20.6. The van der Waals surface area contributed by atoms with Crippen molar-refractivity contribution in [2.24, 2.45) is 0 Å². The van der Waals surface area contributed by atoms with Gasteiger partial charge in [-0.25, -0.2) is 0 Å². The molecule has 2 N–H and O–H groups in total. The highest BCUT2D eigenvalue weighted by Gasteiger charge is 2.26. The Bertz CT molecular complexity index is 499. The number of hydrogen-bond donors (Lipinski definition) is 2. The van der Waals surface area contributed by atoms with Crippen LogP contribution >= 0.6 is 0 Å². The predicted molar refractivity (Wildman–Crippen MR) is 129 cm³/mol. The van der Waals surface area contributed by atoms with Crippen LogP contribution in [0.25, 0.3) is 0 Å². The van der Waals surface area contributed by atoms with E-state index in [1.54, 1.807) is 0 Å². The normalized spacial score (nSPS) is 11.4. The van der Waals surface area contributed by atoms with Crippen molar-refractivity contribution < 1.29 is 34.2 Å². The molecule has 0 aliphatic carbocycles. The molecule has 0 fully saturated rings. The SMILES string of the molecule is C=CCCCCCCCCCCCC[N+](CCCC(=O)[O-])(CCCC(=O)O)CCCC(=O)O. The first-order chi connectivity index (χ1) is 15.8. The number of hydrogen-bond acceptors (Lipinski definition) is 4. The van der Waals surface area contributed by atoms with E-state index in [2.05, 4.69) is 6.58 Å². The smallest absolute Gasteiger partial charge is 0.303 e. The maximum atomic E-state index is 11.0. The number of carbonyl (C=O) groups is 3. The molecule has 0 aromatic rings. The molecule has 33 heavy (non-hydrogen) atoms. The van der Waals surface area contributed by atoms with Gasteiger partial charge in [-0.3, -0.25) is 9.59 Å². The molecule has 0 spiro atoms. The molecule has 192 valence electrons. The molecule has 0 bridgehead atoms. The van der Waals surface area contributed by atoms with Gasteiger partial charge in [-0.05, 0) is 32.1 Å². The molecule has 0 atom stereocenters. The molecule has 7 nitrogen and oxygen atoms in total. The van der Waals surface area contributed by atoms with Crippen molar-refractivity contribution in [2.45, 2.75) is 109 Å². The van der Waals surface area contributed by atoms with Gasteiger partial charge in [0, 0.05) is 25.2 Å². The largest absolute Gasteiger partial charge is 0.550 e. The fourth-order valence-electron chi connectivity index (χ4n) is 4.51. The summed E-state index contributed by atoms with van der Waals surface area (Å²) in [5.41, 5.74) is 0. The molecule has 0 radical (unpaired) electrons. The van der Waals surface area contributed by atoms with Crippen molar-refractivity contribution in [3.63, 3.8) is 0 Å². The summed E-state index contributed by atoms with van der Waals surface area (Å²) in [7, 11) is 0. The van der Waals surface area contributed by atoms with Gasteiger partial charge in [0.05, 0.1) is 39.0 Å². The first kappa shape index (κ1) is 31.1. The lowest BCUT2D eigenvalue weighted by Gasteiger charge is -2.39. The van der Waals surface area contributed by atoms with Crippen LogP contribution in [0.15, 0.2) is 12.7 Å². The van der Waals surface area contributed by atoms with Gasteiger partial charge in [0.2, 0.25) is 0 Å². The lowest BCUT2D eigenvalue weighted by atomic mass is 10.0. The number of carboxylic acid groups (broad SMARTS) is 3. The van der Waals surface area contributed by atoms with Gasteiger partial charge < -0.3 is 24.6 Å². The van der Waals surface area contributed by atoms with E-state index in [-0.39, 0.29) is 19.3 Å². The fourth-order valence-corrected chi connectivity index (χ4v) is 4.51. The maximum absolute atomic E-state index is 11.0. The Morgan fingerprint density at radius 1 is 0.606 bits per heavy atom. The van der Waals surface area contributed by atoms with E-state index in [1.807, 2.05) is 6.08 Å². The highest BCUT2D eigenvalue weighted by atomic mass is 16.4. The molecule has 7 heteroatoms. The Morgan fingerprint density at radius 3 is 1.36 bits per heavy atom. The number of carboxylic acids is 3. The molecular formula is C26H47NO6. The van der Waals surface area contributed by atoms with Crippen LogP contribution in [0.1, 0.15) is 109 Å². The molecular weight excluding hydrogens is 422 g/mol. The third kappa shape index (κ3) is 20.4. The summed E-state index contributed by atoms with van der Waals surface area (Å²) in [6.45, 7) is 6.50. The van der Waals surface area contributed by atoms with Crippen LogP contribution in [0.4, 0.5) is 0 Å². The summed E-state index contributed by atoms with van der Waals surface area (Å²) in [6, 6.07) is 0. The van der Waals surface area contributed by atoms with Crippen molar-refractivity contribution in [1.29, 1.82) is 0 Å². The zero-order valence-electron chi connectivity index (χ0n) is 20.6. The molecule has 0 saturated heterocycles. The van der Waals surface area contributed by atoms with E-state index >= 15 is 0 Å². The quantitative estimate of drug-likeness (QED) is 0.115. The lowest BCUT2D eigenvalue weighted by Crippen LogP contribution is -2.51. The summed E-state index contributed by atoms with van der Waals surface area (Å²) in [4.78, 5) is 32.9. The highest BCUT2D eigenvalue weighted by Crippen LogP contribution is 2.18. The zero-order chi connectivity index (χ0) is 24.8. The van der Waals surface area contributed by atoms with Crippen molar-refractivity contribution in [2.75, 3.05) is 26.2 Å². The molecule has 0 rings (SSSR count). The van der Waals surface area contributed by atoms with Crippen molar-refractivity contribution in [1.82, 2.24) is 0 Å². The van der Waals surface area contributed by atoms with Crippen LogP contribution < -0.4 is 5.11 Å². The van der Waals surface area contributed by atoms with E-state index in [0.29, 0.717) is 43.4 Å². The third-order valence-electron chi connectivity index (χ3n) is 6.35. The minimum atomic E-state index is -1.08. The van der Waals surface area contributed by atoms with Gasteiger partial charge in [-0.1, -0.05) is 51.0 Å². The topological polar surface area (TPSA) is 115 Å². The monoisotopic (exact) mass is 469 g/mol. The number of carbonyl (C=O) groups excluding carboxylic acids is 1. The van der Waals surface area contributed by atoms with Gasteiger partial charge in [0.1, 0.15) is 0 Å². The number of rotatable bonds is 25. The molecule has 0 heterocycles. The van der Waals surface area contributed by atoms with E-state index < -0.39 is 17.9 Å². The van der Waals surface area contributed by atoms with Gasteiger partial charge >= 0.3 is 11.9 Å².